The number of phenolic OH excluding ortho intramolecular Hbond substituents is 1. The Hall–Kier alpha value is -1.46. The summed E-state index contributed by atoms with van der Waals surface area (Å²) in [5, 5.41) is 11.9. The van der Waals surface area contributed by atoms with E-state index in [0.29, 0.717) is 31.9 Å². The minimum Gasteiger partial charge on any atom is -0.503 e. The number of hydrogen-bond acceptors (Lipinski definition) is 3. The summed E-state index contributed by atoms with van der Waals surface area (Å²) in [7, 11) is 0. The van der Waals surface area contributed by atoms with Crippen molar-refractivity contribution >= 4 is 0 Å². The van der Waals surface area contributed by atoms with E-state index >= 15 is 0 Å². The van der Waals surface area contributed by atoms with E-state index in [0.717, 1.165) is 18.6 Å². The maximum atomic E-state index is 13.0. The molecule has 0 heterocycles. The smallest absolute Gasteiger partial charge is 0.187 e. The van der Waals surface area contributed by atoms with Crippen LogP contribution >= 0.6 is 0 Å². The molecule has 0 fully saturated rings. The van der Waals surface area contributed by atoms with Crippen molar-refractivity contribution in [2.45, 2.75) is 13.0 Å². The molecule has 0 atom stereocenters. The summed E-state index contributed by atoms with van der Waals surface area (Å²) in [6.45, 7) is 5.62. The molecule has 0 radical (unpaired) electrons. The number of hydrogen-bond donors (Lipinski definition) is 2. The van der Waals surface area contributed by atoms with Gasteiger partial charge in [0.15, 0.2) is 17.4 Å². The predicted molar refractivity (Wildman–Crippen MR) is 65.4 cm³/mol. The Kier molecular flexibility index (Phi) is 6.32. The summed E-state index contributed by atoms with van der Waals surface area (Å²) >= 11 is 0. The number of nitrogens with one attached hydrogen (secondary N) is 1. The Morgan fingerprint density at radius 3 is 2.56 bits per heavy atom. The zero-order valence-corrected chi connectivity index (χ0v) is 10.1. The highest BCUT2D eigenvalue weighted by Gasteiger charge is 2.08. The van der Waals surface area contributed by atoms with Crippen molar-refractivity contribution < 1.29 is 18.6 Å². The molecule has 0 bridgehead atoms. The lowest BCUT2D eigenvalue weighted by Gasteiger charge is -2.07. The van der Waals surface area contributed by atoms with Crippen LogP contribution in [0.4, 0.5) is 8.78 Å². The second-order valence-corrected chi connectivity index (χ2v) is 3.77. The number of phenols is 1. The Bertz CT molecular complexity index is 374. The Morgan fingerprint density at radius 2 is 1.94 bits per heavy atom. The maximum Gasteiger partial charge on any atom is 0.187 e. The van der Waals surface area contributed by atoms with E-state index in [1.807, 2.05) is 0 Å². The second kappa shape index (κ2) is 7.79. The van der Waals surface area contributed by atoms with Gasteiger partial charge in [0, 0.05) is 13.1 Å². The quantitative estimate of drug-likeness (QED) is 0.555. The first-order chi connectivity index (χ1) is 8.65. The van der Waals surface area contributed by atoms with Gasteiger partial charge in [-0.15, -0.1) is 6.58 Å². The van der Waals surface area contributed by atoms with E-state index < -0.39 is 17.4 Å². The molecule has 2 N–H and O–H groups in total. The number of halogens is 2. The summed E-state index contributed by atoms with van der Waals surface area (Å²) in [6, 6.07) is 2.20. The minimum absolute atomic E-state index is 0.318. The van der Waals surface area contributed by atoms with E-state index in [2.05, 4.69) is 11.9 Å². The van der Waals surface area contributed by atoms with Crippen LogP contribution in [-0.2, 0) is 11.3 Å². The van der Waals surface area contributed by atoms with Crippen molar-refractivity contribution in [1.82, 2.24) is 5.32 Å². The first kappa shape index (κ1) is 14.6. The lowest BCUT2D eigenvalue weighted by atomic mass is 10.2. The SMILES string of the molecule is C=CCCOCCNCc1cc(F)c(O)c(F)c1. The molecule has 5 heteroatoms. The Morgan fingerprint density at radius 1 is 1.28 bits per heavy atom. The molecule has 0 aliphatic carbocycles. The van der Waals surface area contributed by atoms with Gasteiger partial charge in [-0.25, -0.2) is 8.78 Å². The normalized spacial score (nSPS) is 10.6. The summed E-state index contributed by atoms with van der Waals surface area (Å²) in [5.74, 6) is -2.84. The van der Waals surface area contributed by atoms with Gasteiger partial charge in [-0.3, -0.25) is 0 Å². The van der Waals surface area contributed by atoms with Crippen molar-refractivity contribution in [2.75, 3.05) is 19.8 Å². The van der Waals surface area contributed by atoms with Crippen LogP contribution in [0.3, 0.4) is 0 Å². The van der Waals surface area contributed by atoms with Gasteiger partial charge < -0.3 is 15.2 Å². The largest absolute Gasteiger partial charge is 0.503 e. The zero-order chi connectivity index (χ0) is 13.4. The van der Waals surface area contributed by atoms with Crippen molar-refractivity contribution in [1.29, 1.82) is 0 Å². The molecule has 0 amide bonds. The van der Waals surface area contributed by atoms with Crippen LogP contribution in [0.2, 0.25) is 0 Å². The topological polar surface area (TPSA) is 41.5 Å². The highest BCUT2D eigenvalue weighted by molar-refractivity contribution is 5.29. The van der Waals surface area contributed by atoms with Gasteiger partial charge in [-0.05, 0) is 24.1 Å². The third kappa shape index (κ3) is 4.81. The molecule has 1 aromatic rings. The number of benzene rings is 1. The number of aromatic hydroxyl groups is 1. The lowest BCUT2D eigenvalue weighted by molar-refractivity contribution is 0.140. The van der Waals surface area contributed by atoms with E-state index in [4.69, 9.17) is 9.84 Å². The summed E-state index contributed by atoms with van der Waals surface area (Å²) in [6.07, 6.45) is 2.57. The van der Waals surface area contributed by atoms with Crippen molar-refractivity contribution in [3.05, 3.63) is 42.0 Å². The molecule has 100 valence electrons. The molecule has 0 spiro atoms. The van der Waals surface area contributed by atoms with Gasteiger partial charge in [0.2, 0.25) is 0 Å². The molecule has 0 saturated heterocycles. The molecule has 1 aromatic carbocycles. The Balaban J connectivity index is 2.25. The molecule has 3 nitrogen and oxygen atoms in total. The summed E-state index contributed by atoms with van der Waals surface area (Å²) in [5.41, 5.74) is 0.439. The van der Waals surface area contributed by atoms with Gasteiger partial charge in [0.05, 0.1) is 13.2 Å². The average molecular weight is 257 g/mol. The van der Waals surface area contributed by atoms with E-state index in [1.165, 1.54) is 0 Å². The fraction of sp³-hybridized carbons (Fsp3) is 0.385. The molecule has 18 heavy (non-hydrogen) atoms. The van der Waals surface area contributed by atoms with Crippen LogP contribution in [0.1, 0.15) is 12.0 Å². The van der Waals surface area contributed by atoms with Crippen molar-refractivity contribution in [3.8, 4) is 5.75 Å². The van der Waals surface area contributed by atoms with E-state index in [1.54, 1.807) is 6.08 Å². The molecule has 1 rings (SSSR count). The van der Waals surface area contributed by atoms with Crippen molar-refractivity contribution in [3.63, 3.8) is 0 Å². The molecule has 0 aliphatic heterocycles. The van der Waals surface area contributed by atoms with Crippen molar-refractivity contribution in [2.24, 2.45) is 0 Å². The number of ether oxygens (including phenoxy) is 1. The number of rotatable bonds is 8. The van der Waals surface area contributed by atoms with Gasteiger partial charge in [0.25, 0.3) is 0 Å². The fourth-order valence-electron chi connectivity index (χ4n) is 1.37. The first-order valence-electron chi connectivity index (χ1n) is 5.71. The third-order valence-corrected chi connectivity index (χ3v) is 2.30. The van der Waals surface area contributed by atoms with Gasteiger partial charge in [-0.1, -0.05) is 6.08 Å². The maximum absolute atomic E-state index is 13.0. The molecular formula is C13H17F2NO2. The molecule has 0 saturated carbocycles. The summed E-state index contributed by atoms with van der Waals surface area (Å²) in [4.78, 5) is 0. The van der Waals surface area contributed by atoms with Gasteiger partial charge >= 0.3 is 0 Å². The lowest BCUT2D eigenvalue weighted by Crippen LogP contribution is -2.19. The first-order valence-corrected chi connectivity index (χ1v) is 5.71. The van der Waals surface area contributed by atoms with Gasteiger partial charge in [-0.2, -0.15) is 0 Å². The summed E-state index contributed by atoms with van der Waals surface area (Å²) < 4.78 is 31.3. The zero-order valence-electron chi connectivity index (χ0n) is 10.1. The van der Waals surface area contributed by atoms with E-state index in [-0.39, 0.29) is 0 Å². The van der Waals surface area contributed by atoms with E-state index in [9.17, 15) is 8.78 Å². The second-order valence-electron chi connectivity index (χ2n) is 3.77. The minimum atomic E-state index is -0.950. The molecular weight excluding hydrogens is 240 g/mol. The van der Waals surface area contributed by atoms with Crippen LogP contribution in [0, 0.1) is 11.6 Å². The van der Waals surface area contributed by atoms with Crippen LogP contribution in [0.5, 0.6) is 5.75 Å². The van der Waals surface area contributed by atoms with Crippen LogP contribution < -0.4 is 5.32 Å². The van der Waals surface area contributed by atoms with Crippen LogP contribution in [0.15, 0.2) is 24.8 Å². The highest BCUT2D eigenvalue weighted by Crippen LogP contribution is 2.21. The monoisotopic (exact) mass is 257 g/mol. The standard InChI is InChI=1S/C13H17F2NO2/c1-2-3-5-18-6-4-16-9-10-7-11(14)13(17)12(15)8-10/h2,7-8,16-17H,1,3-6,9H2. The predicted octanol–water partition coefficient (Wildman–Crippen LogP) is 2.35. The molecule has 0 aromatic heterocycles. The highest BCUT2D eigenvalue weighted by atomic mass is 19.1. The van der Waals surface area contributed by atoms with Gasteiger partial charge in [0.1, 0.15) is 0 Å². The molecule has 0 unspecified atom stereocenters. The molecule has 0 aliphatic rings. The average Bonchev–Trinajstić information content (AvgIpc) is 2.34. The third-order valence-electron chi connectivity index (χ3n) is 2.30. The Labute approximate surface area is 105 Å². The van der Waals surface area contributed by atoms with Crippen LogP contribution in [-0.4, -0.2) is 24.9 Å². The fourth-order valence-corrected chi connectivity index (χ4v) is 1.37. The van der Waals surface area contributed by atoms with Crippen LogP contribution in [0.25, 0.3) is 0 Å².